The summed E-state index contributed by atoms with van der Waals surface area (Å²) in [5.74, 6) is -0.455. The molecular formula is C21H24N2O2. The van der Waals surface area contributed by atoms with Crippen molar-refractivity contribution < 1.29 is 9.59 Å². The first kappa shape index (κ1) is 17.2. The minimum Gasteiger partial charge on any atom is -0.325 e. The summed E-state index contributed by atoms with van der Waals surface area (Å²) in [7, 11) is 0. The number of carbonyl (C=O) groups is 2. The highest BCUT2D eigenvalue weighted by atomic mass is 16.2. The van der Waals surface area contributed by atoms with Gasteiger partial charge in [0.15, 0.2) is 0 Å². The summed E-state index contributed by atoms with van der Waals surface area (Å²) >= 11 is 0. The van der Waals surface area contributed by atoms with Crippen molar-refractivity contribution in [3.05, 3.63) is 59.2 Å². The van der Waals surface area contributed by atoms with Crippen molar-refractivity contribution in [3.63, 3.8) is 0 Å². The van der Waals surface area contributed by atoms with Crippen LogP contribution in [0.3, 0.4) is 0 Å². The van der Waals surface area contributed by atoms with Crippen molar-refractivity contribution >= 4 is 23.2 Å². The van der Waals surface area contributed by atoms with E-state index in [1.54, 1.807) is 18.7 Å². The van der Waals surface area contributed by atoms with Gasteiger partial charge in [0, 0.05) is 17.9 Å². The summed E-state index contributed by atoms with van der Waals surface area (Å²) < 4.78 is 0. The van der Waals surface area contributed by atoms with Crippen molar-refractivity contribution in [1.29, 1.82) is 0 Å². The van der Waals surface area contributed by atoms with Crippen molar-refractivity contribution in [1.82, 2.24) is 0 Å². The molecule has 4 heteroatoms. The first-order valence-corrected chi connectivity index (χ1v) is 8.59. The average Bonchev–Trinajstić information content (AvgIpc) is 3.01. The number of amides is 2. The Kier molecular flexibility index (Phi) is 4.38. The highest BCUT2D eigenvalue weighted by Crippen LogP contribution is 2.32. The summed E-state index contributed by atoms with van der Waals surface area (Å²) in [4.78, 5) is 27.6. The fraction of sp³-hybridized carbons (Fsp3) is 0.333. The molecule has 0 saturated carbocycles. The summed E-state index contributed by atoms with van der Waals surface area (Å²) in [5, 5.41) is 2.89. The average molecular weight is 336 g/mol. The zero-order chi connectivity index (χ0) is 18.2. The van der Waals surface area contributed by atoms with Crippen molar-refractivity contribution in [2.75, 3.05) is 16.8 Å². The Morgan fingerprint density at radius 2 is 1.76 bits per heavy atom. The smallest absolute Gasteiger partial charge is 0.242 e. The van der Waals surface area contributed by atoms with E-state index in [9.17, 15) is 9.59 Å². The Labute approximate surface area is 148 Å². The molecule has 0 aromatic heterocycles. The predicted molar refractivity (Wildman–Crippen MR) is 101 cm³/mol. The molecular weight excluding hydrogens is 312 g/mol. The number of anilines is 2. The Bertz CT molecular complexity index is 840. The highest BCUT2D eigenvalue weighted by Gasteiger charge is 2.41. The molecule has 25 heavy (non-hydrogen) atoms. The van der Waals surface area contributed by atoms with E-state index in [4.69, 9.17) is 0 Å². The van der Waals surface area contributed by atoms with Crippen LogP contribution in [0.4, 0.5) is 11.4 Å². The number of benzene rings is 2. The largest absolute Gasteiger partial charge is 0.325 e. The highest BCUT2D eigenvalue weighted by molar-refractivity contribution is 6.15. The van der Waals surface area contributed by atoms with Gasteiger partial charge in [-0.3, -0.25) is 9.59 Å². The van der Waals surface area contributed by atoms with Crippen LogP contribution in [0.15, 0.2) is 42.5 Å². The normalized spacial score (nSPS) is 13.5. The number of para-hydroxylation sites is 1. The third-order valence-electron chi connectivity index (χ3n) is 5.00. The second-order valence-electron chi connectivity index (χ2n) is 7.21. The minimum atomic E-state index is -1.14. The number of rotatable bonds is 3. The monoisotopic (exact) mass is 336 g/mol. The molecule has 1 aliphatic heterocycles. The van der Waals surface area contributed by atoms with Crippen LogP contribution in [0, 0.1) is 19.3 Å². The number of nitrogens with one attached hydrogen (secondary N) is 1. The van der Waals surface area contributed by atoms with Crippen LogP contribution < -0.4 is 10.2 Å². The number of hydrogen-bond donors (Lipinski definition) is 1. The standard InChI is InChI=1S/C21H24N2O2/c1-14-9-10-17(13-15(14)2)22-19(24)21(3,4)20(25)23-12-11-16-7-5-6-8-18(16)23/h5-10,13H,11-12H2,1-4H3,(H,22,24). The van der Waals surface area contributed by atoms with Crippen LogP contribution in [0.5, 0.6) is 0 Å². The predicted octanol–water partition coefficient (Wildman–Crippen LogP) is 3.86. The lowest BCUT2D eigenvalue weighted by Gasteiger charge is -2.28. The molecule has 2 aromatic rings. The van der Waals surface area contributed by atoms with Crippen LogP contribution in [-0.4, -0.2) is 18.4 Å². The molecule has 0 saturated heterocycles. The van der Waals surface area contributed by atoms with E-state index in [1.807, 2.05) is 56.3 Å². The lowest BCUT2D eigenvalue weighted by atomic mass is 9.90. The summed E-state index contributed by atoms with van der Waals surface area (Å²) in [6.45, 7) is 8.03. The van der Waals surface area contributed by atoms with E-state index in [0.29, 0.717) is 6.54 Å². The van der Waals surface area contributed by atoms with Gasteiger partial charge >= 0.3 is 0 Å². The van der Waals surface area contributed by atoms with Gasteiger partial charge in [0.25, 0.3) is 0 Å². The lowest BCUT2D eigenvalue weighted by Crippen LogP contribution is -2.47. The second-order valence-corrected chi connectivity index (χ2v) is 7.21. The summed E-state index contributed by atoms with van der Waals surface area (Å²) in [6.07, 6.45) is 0.830. The fourth-order valence-corrected chi connectivity index (χ4v) is 3.09. The van der Waals surface area contributed by atoms with E-state index in [0.717, 1.165) is 28.9 Å². The van der Waals surface area contributed by atoms with Crippen molar-refractivity contribution in [2.24, 2.45) is 5.41 Å². The van der Waals surface area contributed by atoms with Gasteiger partial charge < -0.3 is 10.2 Å². The van der Waals surface area contributed by atoms with E-state index in [2.05, 4.69) is 5.32 Å². The van der Waals surface area contributed by atoms with Gasteiger partial charge in [0.05, 0.1) is 0 Å². The molecule has 0 fully saturated rings. The van der Waals surface area contributed by atoms with Crippen LogP contribution in [0.1, 0.15) is 30.5 Å². The summed E-state index contributed by atoms with van der Waals surface area (Å²) in [6, 6.07) is 13.6. The van der Waals surface area contributed by atoms with Crippen LogP contribution in [-0.2, 0) is 16.0 Å². The molecule has 1 aliphatic rings. The summed E-state index contributed by atoms with van der Waals surface area (Å²) in [5.41, 5.74) is 3.92. The van der Waals surface area contributed by atoms with Gasteiger partial charge in [-0.15, -0.1) is 0 Å². The molecule has 0 atom stereocenters. The van der Waals surface area contributed by atoms with Crippen LogP contribution in [0.25, 0.3) is 0 Å². The molecule has 0 bridgehead atoms. The molecule has 3 rings (SSSR count). The van der Waals surface area contributed by atoms with Gasteiger partial charge in [-0.2, -0.15) is 0 Å². The van der Waals surface area contributed by atoms with Gasteiger partial charge in [-0.05, 0) is 69.0 Å². The molecule has 1 N–H and O–H groups in total. The molecule has 130 valence electrons. The van der Waals surface area contributed by atoms with E-state index < -0.39 is 5.41 Å². The third kappa shape index (κ3) is 3.16. The number of carbonyl (C=O) groups excluding carboxylic acids is 2. The Hall–Kier alpha value is -2.62. The first-order valence-electron chi connectivity index (χ1n) is 8.59. The van der Waals surface area contributed by atoms with E-state index in [-0.39, 0.29) is 11.8 Å². The zero-order valence-corrected chi connectivity index (χ0v) is 15.2. The third-order valence-corrected chi connectivity index (χ3v) is 5.00. The van der Waals surface area contributed by atoms with E-state index in [1.165, 1.54) is 5.56 Å². The maximum atomic E-state index is 13.0. The molecule has 1 heterocycles. The Morgan fingerprint density at radius 3 is 2.48 bits per heavy atom. The first-order chi connectivity index (χ1) is 11.8. The number of nitrogens with zero attached hydrogens (tertiary/aromatic N) is 1. The quantitative estimate of drug-likeness (QED) is 0.865. The molecule has 4 nitrogen and oxygen atoms in total. The lowest BCUT2D eigenvalue weighted by molar-refractivity contribution is -0.136. The number of hydrogen-bond acceptors (Lipinski definition) is 2. The maximum absolute atomic E-state index is 13.0. The van der Waals surface area contributed by atoms with Crippen molar-refractivity contribution in [2.45, 2.75) is 34.1 Å². The molecule has 2 aromatic carbocycles. The Morgan fingerprint density at radius 1 is 1.04 bits per heavy atom. The second kappa shape index (κ2) is 6.36. The minimum absolute atomic E-state index is 0.168. The molecule has 0 spiro atoms. The van der Waals surface area contributed by atoms with Crippen LogP contribution in [0.2, 0.25) is 0 Å². The number of aryl methyl sites for hydroxylation is 2. The molecule has 0 radical (unpaired) electrons. The van der Waals surface area contributed by atoms with Crippen LogP contribution >= 0.6 is 0 Å². The van der Waals surface area contributed by atoms with Gasteiger partial charge in [-0.1, -0.05) is 24.3 Å². The van der Waals surface area contributed by atoms with Gasteiger partial charge in [-0.25, -0.2) is 0 Å². The van der Waals surface area contributed by atoms with Gasteiger partial charge in [0.2, 0.25) is 11.8 Å². The molecule has 0 aliphatic carbocycles. The number of fused-ring (bicyclic) bond motifs is 1. The Balaban J connectivity index is 1.79. The fourth-order valence-electron chi connectivity index (χ4n) is 3.09. The topological polar surface area (TPSA) is 49.4 Å². The molecule has 2 amide bonds. The van der Waals surface area contributed by atoms with Gasteiger partial charge in [0.1, 0.15) is 5.41 Å². The van der Waals surface area contributed by atoms with E-state index >= 15 is 0 Å². The zero-order valence-electron chi connectivity index (χ0n) is 15.2. The maximum Gasteiger partial charge on any atom is 0.242 e. The van der Waals surface area contributed by atoms with Crippen molar-refractivity contribution in [3.8, 4) is 0 Å². The molecule has 0 unspecified atom stereocenters. The SMILES string of the molecule is Cc1ccc(NC(=O)C(C)(C)C(=O)N2CCc3ccccc32)cc1C.